The topological polar surface area (TPSA) is 72.9 Å². The first-order valence-corrected chi connectivity index (χ1v) is 6.04. The molecule has 0 bridgehead atoms. The van der Waals surface area contributed by atoms with E-state index in [4.69, 9.17) is 5.73 Å². The number of rotatable bonds is 6. The maximum Gasteiger partial charge on any atom is 0.293 e. The van der Waals surface area contributed by atoms with E-state index in [0.29, 0.717) is 18.9 Å². The molecule has 0 aliphatic carbocycles. The number of aromatic nitrogens is 2. The van der Waals surface area contributed by atoms with Gasteiger partial charge in [-0.05, 0) is 33.2 Å². The summed E-state index contributed by atoms with van der Waals surface area (Å²) >= 11 is 0. The van der Waals surface area contributed by atoms with E-state index in [1.54, 1.807) is 17.0 Å². The molecular weight excluding hydrogens is 216 g/mol. The Morgan fingerprint density at radius 2 is 2.24 bits per heavy atom. The molecule has 0 unspecified atom stereocenters. The number of nitrogens with zero attached hydrogens (tertiary/aromatic N) is 2. The molecule has 0 spiro atoms. The lowest BCUT2D eigenvalue weighted by atomic mass is 10.0. The Bertz CT molecular complexity index is 411. The minimum atomic E-state index is -0.216. The Hall–Kier alpha value is -1.36. The molecular formula is C12H22N4O. The molecule has 1 aromatic heterocycles. The van der Waals surface area contributed by atoms with Crippen LogP contribution in [0.25, 0.3) is 0 Å². The van der Waals surface area contributed by atoms with Crippen LogP contribution in [0.2, 0.25) is 0 Å². The highest BCUT2D eigenvalue weighted by Crippen LogP contribution is 2.12. The second kappa shape index (κ2) is 5.82. The van der Waals surface area contributed by atoms with Gasteiger partial charge in [0.2, 0.25) is 0 Å². The lowest BCUT2D eigenvalue weighted by molar-refractivity contribution is 0.521. The molecule has 1 rings (SSSR count). The zero-order valence-electron chi connectivity index (χ0n) is 10.9. The van der Waals surface area contributed by atoms with Crippen molar-refractivity contribution in [2.24, 2.45) is 5.73 Å². The van der Waals surface area contributed by atoms with E-state index in [2.05, 4.69) is 10.3 Å². The zero-order valence-corrected chi connectivity index (χ0v) is 10.9. The second-order valence-electron chi connectivity index (χ2n) is 4.82. The van der Waals surface area contributed by atoms with Crippen LogP contribution in [-0.4, -0.2) is 21.6 Å². The molecule has 0 amide bonds. The van der Waals surface area contributed by atoms with Gasteiger partial charge in [0, 0.05) is 24.5 Å². The third kappa shape index (κ3) is 3.85. The molecule has 0 fully saturated rings. The van der Waals surface area contributed by atoms with Gasteiger partial charge in [0.05, 0.1) is 0 Å². The summed E-state index contributed by atoms with van der Waals surface area (Å²) in [6.07, 6.45) is 5.08. The zero-order chi connectivity index (χ0) is 12.9. The van der Waals surface area contributed by atoms with Gasteiger partial charge in [0.1, 0.15) is 0 Å². The van der Waals surface area contributed by atoms with Gasteiger partial charge < -0.3 is 15.6 Å². The number of hydrogen-bond acceptors (Lipinski definition) is 4. The fourth-order valence-electron chi connectivity index (χ4n) is 1.69. The van der Waals surface area contributed by atoms with Crippen LogP contribution < -0.4 is 16.6 Å². The predicted octanol–water partition coefficient (Wildman–Crippen LogP) is 1.19. The van der Waals surface area contributed by atoms with Gasteiger partial charge in [0.15, 0.2) is 5.82 Å². The first kappa shape index (κ1) is 13.7. The van der Waals surface area contributed by atoms with E-state index in [0.717, 1.165) is 12.8 Å². The maximum absolute atomic E-state index is 12.0. The van der Waals surface area contributed by atoms with Crippen molar-refractivity contribution in [2.45, 2.75) is 45.7 Å². The monoisotopic (exact) mass is 238 g/mol. The molecule has 1 aromatic rings. The van der Waals surface area contributed by atoms with Crippen molar-refractivity contribution >= 4 is 5.82 Å². The molecule has 5 heteroatoms. The standard InChI is InChI=1S/C12H22N4O/c1-4-8-16-9-7-14-10(11(16)17)15-12(2,3)5-6-13/h7,9H,4-6,8,13H2,1-3H3,(H,14,15). The first-order valence-electron chi connectivity index (χ1n) is 6.04. The largest absolute Gasteiger partial charge is 0.361 e. The summed E-state index contributed by atoms with van der Waals surface area (Å²) in [6, 6.07) is 0. The van der Waals surface area contributed by atoms with E-state index in [9.17, 15) is 4.79 Å². The van der Waals surface area contributed by atoms with E-state index in [1.807, 2.05) is 20.8 Å². The molecule has 0 atom stereocenters. The van der Waals surface area contributed by atoms with Crippen molar-refractivity contribution in [3.8, 4) is 0 Å². The normalized spacial score (nSPS) is 11.5. The summed E-state index contributed by atoms with van der Waals surface area (Å²) in [6.45, 7) is 7.36. The second-order valence-corrected chi connectivity index (χ2v) is 4.82. The quantitative estimate of drug-likeness (QED) is 0.781. The Labute approximate surface area is 102 Å². The van der Waals surface area contributed by atoms with Gasteiger partial charge in [-0.1, -0.05) is 6.92 Å². The number of hydrogen-bond donors (Lipinski definition) is 2. The molecule has 0 saturated heterocycles. The van der Waals surface area contributed by atoms with Gasteiger partial charge in [-0.3, -0.25) is 4.79 Å². The first-order chi connectivity index (χ1) is 8.00. The van der Waals surface area contributed by atoms with Crippen molar-refractivity contribution in [3.63, 3.8) is 0 Å². The SMILES string of the molecule is CCCn1ccnc(NC(C)(C)CCN)c1=O. The number of anilines is 1. The smallest absolute Gasteiger partial charge is 0.293 e. The minimum absolute atomic E-state index is 0.0700. The van der Waals surface area contributed by atoms with Crippen molar-refractivity contribution in [2.75, 3.05) is 11.9 Å². The van der Waals surface area contributed by atoms with Crippen LogP contribution >= 0.6 is 0 Å². The molecule has 96 valence electrons. The van der Waals surface area contributed by atoms with Gasteiger partial charge in [-0.25, -0.2) is 4.98 Å². The number of nitrogens with two attached hydrogens (primary N) is 1. The summed E-state index contributed by atoms with van der Waals surface area (Å²) in [7, 11) is 0. The van der Waals surface area contributed by atoms with Crippen LogP contribution in [0.5, 0.6) is 0 Å². The van der Waals surface area contributed by atoms with Gasteiger partial charge in [-0.2, -0.15) is 0 Å². The fraction of sp³-hybridized carbons (Fsp3) is 0.667. The van der Waals surface area contributed by atoms with Crippen LogP contribution in [0.3, 0.4) is 0 Å². The van der Waals surface area contributed by atoms with Crippen molar-refractivity contribution in [3.05, 3.63) is 22.7 Å². The van der Waals surface area contributed by atoms with E-state index >= 15 is 0 Å². The third-order valence-electron chi connectivity index (χ3n) is 2.60. The summed E-state index contributed by atoms with van der Waals surface area (Å²) in [5.41, 5.74) is 5.25. The molecule has 3 N–H and O–H groups in total. The molecule has 0 aromatic carbocycles. The van der Waals surface area contributed by atoms with Gasteiger partial charge >= 0.3 is 0 Å². The highest BCUT2D eigenvalue weighted by Gasteiger charge is 2.18. The summed E-state index contributed by atoms with van der Waals surface area (Å²) < 4.78 is 1.67. The third-order valence-corrected chi connectivity index (χ3v) is 2.60. The van der Waals surface area contributed by atoms with E-state index in [-0.39, 0.29) is 11.1 Å². The molecule has 0 aliphatic heterocycles. The van der Waals surface area contributed by atoms with E-state index < -0.39 is 0 Å². The number of aryl methyl sites for hydroxylation is 1. The summed E-state index contributed by atoms with van der Waals surface area (Å²) in [5, 5.41) is 3.16. The van der Waals surface area contributed by atoms with Gasteiger partial charge in [0.25, 0.3) is 5.56 Å². The lowest BCUT2D eigenvalue weighted by Crippen LogP contribution is -2.37. The molecule has 5 nitrogen and oxygen atoms in total. The molecule has 0 saturated carbocycles. The number of nitrogens with one attached hydrogen (secondary N) is 1. The molecule has 17 heavy (non-hydrogen) atoms. The summed E-state index contributed by atoms with van der Waals surface area (Å²) in [4.78, 5) is 16.2. The lowest BCUT2D eigenvalue weighted by Gasteiger charge is -2.26. The highest BCUT2D eigenvalue weighted by molar-refractivity contribution is 5.34. The van der Waals surface area contributed by atoms with Crippen LogP contribution in [0.1, 0.15) is 33.6 Å². The van der Waals surface area contributed by atoms with Crippen LogP contribution in [0, 0.1) is 0 Å². The van der Waals surface area contributed by atoms with Crippen molar-refractivity contribution in [1.29, 1.82) is 0 Å². The molecule has 0 aliphatic rings. The average Bonchev–Trinajstić information content (AvgIpc) is 2.24. The maximum atomic E-state index is 12.0. The average molecular weight is 238 g/mol. The van der Waals surface area contributed by atoms with Crippen LogP contribution in [0.15, 0.2) is 17.2 Å². The fourth-order valence-corrected chi connectivity index (χ4v) is 1.69. The Balaban J connectivity index is 2.92. The van der Waals surface area contributed by atoms with Crippen molar-refractivity contribution < 1.29 is 0 Å². The van der Waals surface area contributed by atoms with Gasteiger partial charge in [-0.15, -0.1) is 0 Å². The minimum Gasteiger partial charge on any atom is -0.361 e. The molecule has 0 radical (unpaired) electrons. The summed E-state index contributed by atoms with van der Waals surface area (Å²) in [5.74, 6) is 0.402. The Morgan fingerprint density at radius 1 is 1.53 bits per heavy atom. The Morgan fingerprint density at radius 3 is 2.82 bits per heavy atom. The predicted molar refractivity (Wildman–Crippen MR) is 70.2 cm³/mol. The van der Waals surface area contributed by atoms with Crippen molar-refractivity contribution in [1.82, 2.24) is 9.55 Å². The van der Waals surface area contributed by atoms with Crippen LogP contribution in [-0.2, 0) is 6.54 Å². The van der Waals surface area contributed by atoms with Crippen LogP contribution in [0.4, 0.5) is 5.82 Å². The Kier molecular flexibility index (Phi) is 4.69. The highest BCUT2D eigenvalue weighted by atomic mass is 16.1. The molecule has 1 heterocycles. The van der Waals surface area contributed by atoms with E-state index in [1.165, 1.54) is 0 Å².